The average molecular weight is 564 g/mol. The number of likely N-dealkylation sites (N-methyl/N-ethyl adjacent to an activating group) is 1. The molecule has 2 amide bonds. The van der Waals surface area contributed by atoms with Crippen molar-refractivity contribution >= 4 is 40.4 Å². The molecule has 0 spiro atoms. The monoisotopic (exact) mass is 563 g/mol. The van der Waals surface area contributed by atoms with Gasteiger partial charge in [-0.25, -0.2) is 19.7 Å². The van der Waals surface area contributed by atoms with Gasteiger partial charge in [-0.2, -0.15) is 0 Å². The van der Waals surface area contributed by atoms with E-state index in [9.17, 15) is 4.79 Å². The van der Waals surface area contributed by atoms with Crippen molar-refractivity contribution in [3.8, 4) is 23.8 Å². The zero-order valence-electron chi connectivity index (χ0n) is 23.9. The van der Waals surface area contributed by atoms with Crippen molar-refractivity contribution in [2.24, 2.45) is 0 Å². The van der Waals surface area contributed by atoms with E-state index in [1.807, 2.05) is 12.1 Å². The lowest BCUT2D eigenvalue weighted by Gasteiger charge is -2.34. The van der Waals surface area contributed by atoms with E-state index < -0.39 is 6.03 Å². The molecular weight excluding hydrogens is 530 g/mol. The summed E-state index contributed by atoms with van der Waals surface area (Å²) in [5.41, 5.74) is 3.80. The molecule has 0 atom stereocenters. The molecule has 10 heteroatoms. The third kappa shape index (κ3) is 6.54. The van der Waals surface area contributed by atoms with E-state index in [1.54, 1.807) is 55.6 Å². The van der Waals surface area contributed by atoms with Gasteiger partial charge in [0.2, 0.25) is 0 Å². The molecule has 1 aliphatic rings. The Morgan fingerprint density at radius 2 is 1.62 bits per heavy atom. The first-order valence-electron chi connectivity index (χ1n) is 13.5. The summed E-state index contributed by atoms with van der Waals surface area (Å²) in [6, 6.07) is 21.7. The number of nitrogens with one attached hydrogen (secondary N) is 2. The lowest BCUT2D eigenvalue weighted by Crippen LogP contribution is -2.44. The van der Waals surface area contributed by atoms with Crippen molar-refractivity contribution in [3.63, 3.8) is 0 Å². The molecule has 1 saturated heterocycles. The topological polar surface area (TPSA) is 95.1 Å². The summed E-state index contributed by atoms with van der Waals surface area (Å²) in [7, 11) is 5.25. The number of hydrogen-bond acceptors (Lipinski definition) is 8. The molecule has 5 rings (SSSR count). The molecule has 0 radical (unpaired) electrons. The molecule has 0 saturated carbocycles. The van der Waals surface area contributed by atoms with Gasteiger partial charge in [0.05, 0.1) is 19.9 Å². The predicted octanol–water partition coefficient (Wildman–Crippen LogP) is 5.34. The molecule has 1 aromatic heterocycles. The van der Waals surface area contributed by atoms with Gasteiger partial charge in [-0.05, 0) is 67.7 Å². The van der Waals surface area contributed by atoms with Crippen molar-refractivity contribution in [2.75, 3.05) is 67.9 Å². The van der Waals surface area contributed by atoms with E-state index in [-0.39, 0.29) is 0 Å². The number of anilines is 6. The highest BCUT2D eigenvalue weighted by Gasteiger charge is 2.24. The standard InChI is InChI=1S/C32H33N7O3/c1-5-23-6-8-25(9-7-23)36-32(40)39(28-15-14-27(41-3)20-29(28)42-4)31-21-30(33-22-34-31)35-24-10-12-26(13-11-24)38-18-16-37(2)17-19-38/h1,6-15,20-22H,16-19H2,2-4H3,(H,36,40)(H,33,34,35). The number of rotatable bonds is 8. The van der Waals surface area contributed by atoms with Crippen molar-refractivity contribution in [1.82, 2.24) is 14.9 Å². The molecule has 2 heterocycles. The summed E-state index contributed by atoms with van der Waals surface area (Å²) >= 11 is 0. The molecule has 0 bridgehead atoms. The Bertz CT molecular complexity index is 1560. The maximum absolute atomic E-state index is 13.8. The minimum atomic E-state index is -0.451. The first kappa shape index (κ1) is 28.3. The molecule has 0 aliphatic carbocycles. The Hall–Kier alpha value is -5.27. The summed E-state index contributed by atoms with van der Waals surface area (Å²) in [5, 5.41) is 6.25. The minimum Gasteiger partial charge on any atom is -0.497 e. The predicted molar refractivity (Wildman–Crippen MR) is 167 cm³/mol. The number of piperazine rings is 1. The van der Waals surface area contributed by atoms with Gasteiger partial charge in [0, 0.05) is 60.9 Å². The number of terminal acetylenes is 1. The molecule has 4 aromatic rings. The van der Waals surface area contributed by atoms with Crippen LogP contribution in [-0.4, -0.2) is 68.3 Å². The summed E-state index contributed by atoms with van der Waals surface area (Å²) in [6.45, 7) is 4.09. The van der Waals surface area contributed by atoms with Gasteiger partial charge in [0.15, 0.2) is 0 Å². The third-order valence-corrected chi connectivity index (χ3v) is 7.02. The van der Waals surface area contributed by atoms with Gasteiger partial charge in [-0.3, -0.25) is 0 Å². The van der Waals surface area contributed by atoms with E-state index >= 15 is 0 Å². The van der Waals surface area contributed by atoms with Crippen LogP contribution in [0.25, 0.3) is 0 Å². The second-order valence-corrected chi connectivity index (χ2v) is 9.75. The largest absolute Gasteiger partial charge is 0.497 e. The van der Waals surface area contributed by atoms with Crippen LogP contribution in [0.15, 0.2) is 79.1 Å². The van der Waals surface area contributed by atoms with Crippen LogP contribution in [-0.2, 0) is 0 Å². The second-order valence-electron chi connectivity index (χ2n) is 9.75. The second kappa shape index (κ2) is 12.9. The Kier molecular flexibility index (Phi) is 8.70. The fraction of sp³-hybridized carbons (Fsp3) is 0.219. The molecule has 0 unspecified atom stereocenters. The maximum atomic E-state index is 13.8. The highest BCUT2D eigenvalue weighted by molar-refractivity contribution is 6.07. The van der Waals surface area contributed by atoms with Crippen LogP contribution in [0.5, 0.6) is 11.5 Å². The van der Waals surface area contributed by atoms with E-state index in [0.29, 0.717) is 40.1 Å². The number of amides is 2. The van der Waals surface area contributed by atoms with Crippen LogP contribution in [0.2, 0.25) is 0 Å². The Morgan fingerprint density at radius 3 is 2.29 bits per heavy atom. The van der Waals surface area contributed by atoms with E-state index in [1.165, 1.54) is 24.0 Å². The number of methoxy groups -OCH3 is 2. The third-order valence-electron chi connectivity index (χ3n) is 7.02. The van der Waals surface area contributed by atoms with Crippen LogP contribution >= 0.6 is 0 Å². The number of ether oxygens (including phenoxy) is 2. The Morgan fingerprint density at radius 1 is 0.905 bits per heavy atom. The first-order chi connectivity index (χ1) is 20.5. The number of aromatic nitrogens is 2. The van der Waals surface area contributed by atoms with Crippen molar-refractivity contribution in [1.29, 1.82) is 0 Å². The summed E-state index contributed by atoms with van der Waals surface area (Å²) in [5.74, 6) is 4.45. The van der Waals surface area contributed by atoms with Crippen LogP contribution in [0.4, 0.5) is 39.2 Å². The van der Waals surface area contributed by atoms with Gasteiger partial charge in [0.25, 0.3) is 0 Å². The molecule has 10 nitrogen and oxygen atoms in total. The highest BCUT2D eigenvalue weighted by atomic mass is 16.5. The van der Waals surface area contributed by atoms with Crippen molar-refractivity contribution < 1.29 is 14.3 Å². The average Bonchev–Trinajstić information content (AvgIpc) is 3.02. The Labute approximate surface area is 245 Å². The van der Waals surface area contributed by atoms with E-state index in [4.69, 9.17) is 15.9 Å². The molecule has 1 fully saturated rings. The number of nitrogens with zero attached hydrogens (tertiary/aromatic N) is 5. The lowest BCUT2D eigenvalue weighted by molar-refractivity contribution is 0.258. The van der Waals surface area contributed by atoms with Gasteiger partial charge in [0.1, 0.15) is 29.5 Å². The molecule has 3 aromatic carbocycles. The van der Waals surface area contributed by atoms with Crippen molar-refractivity contribution in [3.05, 3.63) is 84.7 Å². The van der Waals surface area contributed by atoms with Gasteiger partial charge in [-0.1, -0.05) is 5.92 Å². The van der Waals surface area contributed by atoms with Gasteiger partial charge in [-0.15, -0.1) is 6.42 Å². The number of carbonyl (C=O) groups is 1. The molecule has 42 heavy (non-hydrogen) atoms. The van der Waals surface area contributed by atoms with Crippen LogP contribution in [0.3, 0.4) is 0 Å². The number of carbonyl (C=O) groups excluding carboxylic acids is 1. The summed E-state index contributed by atoms with van der Waals surface area (Å²) < 4.78 is 11.0. The lowest BCUT2D eigenvalue weighted by atomic mass is 10.2. The SMILES string of the molecule is C#Cc1ccc(NC(=O)N(c2cc(Nc3ccc(N4CCN(C)CC4)cc3)ncn2)c2ccc(OC)cc2OC)cc1. The first-order valence-corrected chi connectivity index (χ1v) is 13.5. The van der Waals surface area contributed by atoms with E-state index in [0.717, 1.165) is 31.9 Å². The molecule has 1 aliphatic heterocycles. The summed E-state index contributed by atoms with van der Waals surface area (Å²) in [4.78, 5) is 28.7. The van der Waals surface area contributed by atoms with E-state index in [2.05, 4.69) is 55.5 Å². The summed E-state index contributed by atoms with van der Waals surface area (Å²) in [6.07, 6.45) is 6.89. The number of benzene rings is 3. The van der Waals surface area contributed by atoms with Crippen LogP contribution in [0, 0.1) is 12.3 Å². The van der Waals surface area contributed by atoms with Gasteiger partial charge < -0.3 is 29.9 Å². The normalized spacial score (nSPS) is 13.1. The quantitative estimate of drug-likeness (QED) is 0.278. The van der Waals surface area contributed by atoms with Crippen LogP contribution in [0.1, 0.15) is 5.56 Å². The fourth-order valence-corrected chi connectivity index (χ4v) is 4.64. The maximum Gasteiger partial charge on any atom is 0.332 e. The number of hydrogen-bond donors (Lipinski definition) is 2. The Balaban J connectivity index is 1.42. The zero-order chi connectivity index (χ0) is 29.5. The molecule has 2 N–H and O–H groups in total. The smallest absolute Gasteiger partial charge is 0.332 e. The minimum absolute atomic E-state index is 0.336. The van der Waals surface area contributed by atoms with Crippen LogP contribution < -0.4 is 29.9 Å². The highest BCUT2D eigenvalue weighted by Crippen LogP contribution is 2.37. The molecule has 214 valence electrons. The van der Waals surface area contributed by atoms with Gasteiger partial charge >= 0.3 is 6.03 Å². The zero-order valence-corrected chi connectivity index (χ0v) is 23.9. The fourth-order valence-electron chi connectivity index (χ4n) is 4.64. The molecular formula is C32H33N7O3. The van der Waals surface area contributed by atoms with Crippen molar-refractivity contribution in [2.45, 2.75) is 0 Å². The number of urea groups is 1.